The van der Waals surface area contributed by atoms with E-state index in [4.69, 9.17) is 21.1 Å². The van der Waals surface area contributed by atoms with Gasteiger partial charge in [-0.3, -0.25) is 14.4 Å². The second kappa shape index (κ2) is 12.2. The molecule has 40 heavy (non-hydrogen) atoms. The number of carboxylic acid groups (broad SMARTS) is 1. The van der Waals surface area contributed by atoms with Crippen LogP contribution in [-0.4, -0.2) is 40.7 Å². The monoisotopic (exact) mass is 627 g/mol. The highest BCUT2D eigenvalue weighted by atomic mass is 79.9. The van der Waals surface area contributed by atoms with E-state index in [9.17, 15) is 19.5 Å². The summed E-state index contributed by atoms with van der Waals surface area (Å²) in [5, 5.41) is 10.0. The number of hydrogen-bond acceptors (Lipinski definition) is 6. The Kier molecular flexibility index (Phi) is 8.66. The number of benzene rings is 2. The first-order valence-electron chi connectivity index (χ1n) is 13.6. The molecule has 0 spiro atoms. The predicted molar refractivity (Wildman–Crippen MR) is 155 cm³/mol. The summed E-state index contributed by atoms with van der Waals surface area (Å²) >= 11 is 10.0. The van der Waals surface area contributed by atoms with Gasteiger partial charge in [0.2, 0.25) is 0 Å². The van der Waals surface area contributed by atoms with Crippen molar-refractivity contribution in [3.05, 3.63) is 79.6 Å². The summed E-state index contributed by atoms with van der Waals surface area (Å²) < 4.78 is 12.8. The smallest absolute Gasteiger partial charge is 0.305 e. The maximum atomic E-state index is 13.5. The number of rotatable bonds is 9. The third kappa shape index (κ3) is 5.56. The van der Waals surface area contributed by atoms with Crippen molar-refractivity contribution in [2.45, 2.75) is 64.4 Å². The molecule has 2 aliphatic carbocycles. The van der Waals surface area contributed by atoms with Gasteiger partial charge < -0.3 is 19.5 Å². The molecule has 9 heteroatoms. The number of hydrogen-bond donors (Lipinski definition) is 1. The molecular weight excluding hydrogens is 598 g/mol. The Morgan fingerprint density at radius 1 is 1.02 bits per heavy atom. The molecule has 1 heterocycles. The zero-order chi connectivity index (χ0) is 28.4. The van der Waals surface area contributed by atoms with Crippen molar-refractivity contribution in [2.75, 3.05) is 13.2 Å². The summed E-state index contributed by atoms with van der Waals surface area (Å²) in [6, 6.07) is 11.2. The Bertz CT molecular complexity index is 1390. The van der Waals surface area contributed by atoms with Gasteiger partial charge in [0, 0.05) is 58.4 Å². The molecule has 3 aliphatic rings. The highest BCUT2D eigenvalue weighted by Crippen LogP contribution is 2.51. The highest BCUT2D eigenvalue weighted by Gasteiger charge is 2.43. The van der Waals surface area contributed by atoms with Crippen LogP contribution in [0.4, 0.5) is 0 Å². The molecule has 0 unspecified atom stereocenters. The largest absolute Gasteiger partial charge is 0.490 e. The van der Waals surface area contributed by atoms with Crippen LogP contribution in [0.15, 0.2) is 63.4 Å². The van der Waals surface area contributed by atoms with E-state index < -0.39 is 11.9 Å². The molecule has 0 saturated heterocycles. The molecule has 0 fully saturated rings. The summed E-state index contributed by atoms with van der Waals surface area (Å²) in [4.78, 5) is 40.5. The second-order valence-electron chi connectivity index (χ2n) is 10.1. The van der Waals surface area contributed by atoms with Crippen LogP contribution in [0.3, 0.4) is 0 Å². The summed E-state index contributed by atoms with van der Waals surface area (Å²) in [6.45, 7) is 2.76. The van der Waals surface area contributed by atoms with Crippen LogP contribution in [0, 0.1) is 0 Å². The molecule has 0 amide bonds. The highest BCUT2D eigenvalue weighted by molar-refractivity contribution is 9.10. The fourth-order valence-corrected chi connectivity index (χ4v) is 6.71. The van der Waals surface area contributed by atoms with E-state index >= 15 is 0 Å². The van der Waals surface area contributed by atoms with Gasteiger partial charge in [-0.05, 0) is 72.3 Å². The molecule has 2 aromatic carbocycles. The number of Topliss-reactive ketones (excluding diaryl/α,β-unsaturated/α-hetero) is 2. The molecule has 0 aromatic heterocycles. The van der Waals surface area contributed by atoms with E-state index in [2.05, 4.69) is 15.9 Å². The van der Waals surface area contributed by atoms with Crippen molar-refractivity contribution in [3.63, 3.8) is 0 Å². The molecule has 7 nitrogen and oxygen atoms in total. The number of aliphatic carboxylic acids is 1. The third-order valence-corrected chi connectivity index (χ3v) is 8.59. The predicted octanol–water partition coefficient (Wildman–Crippen LogP) is 6.97. The molecule has 1 N–H and O–H groups in total. The van der Waals surface area contributed by atoms with Gasteiger partial charge in [-0.1, -0.05) is 29.8 Å². The first-order chi connectivity index (χ1) is 19.3. The van der Waals surface area contributed by atoms with Crippen LogP contribution >= 0.6 is 27.5 Å². The Labute approximate surface area is 246 Å². The molecule has 210 valence electrons. The van der Waals surface area contributed by atoms with E-state index in [1.54, 1.807) is 0 Å². The zero-order valence-corrected chi connectivity index (χ0v) is 24.6. The molecular formula is C31H31BrClNO6. The van der Waals surface area contributed by atoms with Crippen molar-refractivity contribution in [1.82, 2.24) is 4.90 Å². The van der Waals surface area contributed by atoms with Crippen LogP contribution in [0.2, 0.25) is 5.02 Å². The molecule has 1 aliphatic heterocycles. The Hall–Kier alpha value is -3.10. The minimum absolute atomic E-state index is 0.00428. The average Bonchev–Trinajstić information content (AvgIpc) is 2.92. The Morgan fingerprint density at radius 2 is 1.68 bits per heavy atom. The topological polar surface area (TPSA) is 93.1 Å². The Morgan fingerprint density at radius 3 is 2.27 bits per heavy atom. The lowest BCUT2D eigenvalue weighted by Crippen LogP contribution is -2.39. The molecule has 0 radical (unpaired) electrons. The number of halogens is 2. The van der Waals surface area contributed by atoms with Crippen LogP contribution in [-0.2, 0) is 21.0 Å². The molecule has 0 saturated carbocycles. The van der Waals surface area contributed by atoms with Gasteiger partial charge in [0.25, 0.3) is 0 Å². The lowest BCUT2D eigenvalue weighted by Gasteiger charge is -2.44. The minimum atomic E-state index is -0.909. The van der Waals surface area contributed by atoms with Crippen LogP contribution < -0.4 is 9.47 Å². The lowest BCUT2D eigenvalue weighted by molar-refractivity contribution is -0.137. The summed E-state index contributed by atoms with van der Waals surface area (Å²) in [6.07, 6.45) is 3.47. The molecule has 5 rings (SSSR count). The summed E-state index contributed by atoms with van der Waals surface area (Å²) in [7, 11) is 0. The van der Waals surface area contributed by atoms with E-state index in [0.717, 1.165) is 22.5 Å². The van der Waals surface area contributed by atoms with E-state index in [-0.39, 0.29) is 31.1 Å². The first-order valence-corrected chi connectivity index (χ1v) is 14.8. The normalized spacial score (nSPS) is 17.6. The van der Waals surface area contributed by atoms with Gasteiger partial charge in [-0.25, -0.2) is 0 Å². The maximum absolute atomic E-state index is 13.5. The van der Waals surface area contributed by atoms with Gasteiger partial charge in [-0.2, -0.15) is 0 Å². The maximum Gasteiger partial charge on any atom is 0.305 e. The molecule has 0 bridgehead atoms. The van der Waals surface area contributed by atoms with E-state index in [1.165, 1.54) is 0 Å². The van der Waals surface area contributed by atoms with Gasteiger partial charge in [0.05, 0.1) is 17.5 Å². The standard InChI is InChI=1S/C31H31BrClNO6/c1-2-39-26-16-19(15-20(32)31(26)40-17-18-7-3-4-8-21(18)33)28-29-22(9-5-11-24(29)35)34(14-13-27(37)38)23-10-6-12-25(36)30(23)28/h3-4,7-8,15-16,28H,2,5-6,9-14,17H2,1H3,(H,37,38). The van der Waals surface area contributed by atoms with Crippen molar-refractivity contribution in [2.24, 2.45) is 0 Å². The molecule has 2 aromatic rings. The van der Waals surface area contributed by atoms with Crippen molar-refractivity contribution in [3.8, 4) is 11.5 Å². The summed E-state index contributed by atoms with van der Waals surface area (Å²) in [5.41, 5.74) is 4.51. The Balaban J connectivity index is 1.61. The number of carbonyl (C=O) groups excluding carboxylic acids is 2. The van der Waals surface area contributed by atoms with Crippen LogP contribution in [0.1, 0.15) is 68.9 Å². The van der Waals surface area contributed by atoms with Gasteiger partial charge >= 0.3 is 5.97 Å². The zero-order valence-electron chi connectivity index (χ0n) is 22.3. The quantitative estimate of drug-likeness (QED) is 0.321. The van der Waals surface area contributed by atoms with Crippen molar-refractivity contribution >= 4 is 45.1 Å². The molecule has 0 atom stereocenters. The SMILES string of the molecule is CCOc1cc(C2C3=C(CCCC3=O)N(CCC(=O)O)C3=C2C(=O)CCC3)cc(Br)c1OCc1ccccc1Cl. The van der Waals surface area contributed by atoms with Gasteiger partial charge in [0.15, 0.2) is 23.1 Å². The first kappa shape index (κ1) is 28.4. The van der Waals surface area contributed by atoms with Crippen LogP contribution in [0.5, 0.6) is 11.5 Å². The number of ether oxygens (including phenoxy) is 2. The van der Waals surface area contributed by atoms with Crippen molar-refractivity contribution in [1.29, 1.82) is 0 Å². The number of ketones is 2. The number of carboxylic acids is 1. The average molecular weight is 629 g/mol. The van der Waals surface area contributed by atoms with Crippen molar-refractivity contribution < 1.29 is 29.0 Å². The third-order valence-electron chi connectivity index (χ3n) is 7.63. The van der Waals surface area contributed by atoms with Gasteiger partial charge in [-0.15, -0.1) is 0 Å². The van der Waals surface area contributed by atoms with Gasteiger partial charge in [0.1, 0.15) is 6.61 Å². The summed E-state index contributed by atoms with van der Waals surface area (Å²) in [5.74, 6) is -0.428. The van der Waals surface area contributed by atoms with Crippen LogP contribution in [0.25, 0.3) is 0 Å². The second-order valence-corrected chi connectivity index (χ2v) is 11.4. The number of carbonyl (C=O) groups is 3. The lowest BCUT2D eigenvalue weighted by atomic mass is 9.71. The number of nitrogens with zero attached hydrogens (tertiary/aromatic N) is 1. The fraction of sp³-hybridized carbons (Fsp3) is 0.387. The van der Waals surface area contributed by atoms with E-state index in [1.807, 2.05) is 48.2 Å². The number of allylic oxidation sites excluding steroid dienone is 4. The fourth-order valence-electron chi connectivity index (χ4n) is 5.95. The van der Waals surface area contributed by atoms with E-state index in [0.29, 0.717) is 77.3 Å². The minimum Gasteiger partial charge on any atom is -0.490 e.